The van der Waals surface area contributed by atoms with Crippen molar-refractivity contribution in [3.63, 3.8) is 0 Å². The number of carbonyl (C=O) groups excluding carboxylic acids is 2. The van der Waals surface area contributed by atoms with Crippen LogP contribution < -0.4 is 10.6 Å². The molecule has 2 aromatic carbocycles. The van der Waals surface area contributed by atoms with Gasteiger partial charge in [-0.25, -0.2) is 0 Å². The zero-order valence-electron chi connectivity index (χ0n) is 15.5. The predicted octanol–water partition coefficient (Wildman–Crippen LogP) is 2.42. The SMILES string of the molecule is CNC(C)CNC(=O)C1CCN(C(=O)c2cccc3ccccc23)CC1. The number of carbonyl (C=O) groups is 2. The van der Waals surface area contributed by atoms with Crippen molar-refractivity contribution in [2.75, 3.05) is 26.7 Å². The lowest BCUT2D eigenvalue weighted by atomic mass is 9.94. The maximum atomic E-state index is 13.0. The number of amides is 2. The number of rotatable bonds is 5. The van der Waals surface area contributed by atoms with Crippen LogP contribution in [0.15, 0.2) is 42.5 Å². The molecule has 26 heavy (non-hydrogen) atoms. The largest absolute Gasteiger partial charge is 0.354 e. The van der Waals surface area contributed by atoms with Gasteiger partial charge >= 0.3 is 0 Å². The molecule has 0 radical (unpaired) electrons. The van der Waals surface area contributed by atoms with Crippen molar-refractivity contribution >= 4 is 22.6 Å². The number of likely N-dealkylation sites (tertiary alicyclic amines) is 1. The van der Waals surface area contributed by atoms with Gasteiger partial charge in [-0.05, 0) is 43.7 Å². The predicted molar refractivity (Wildman–Crippen MR) is 104 cm³/mol. The molecule has 0 aromatic heterocycles. The van der Waals surface area contributed by atoms with Gasteiger partial charge in [-0.2, -0.15) is 0 Å². The molecule has 5 nitrogen and oxygen atoms in total. The molecule has 3 rings (SSSR count). The molecule has 5 heteroatoms. The summed E-state index contributed by atoms with van der Waals surface area (Å²) in [5, 5.41) is 8.17. The maximum absolute atomic E-state index is 13.0. The Balaban J connectivity index is 1.61. The topological polar surface area (TPSA) is 61.4 Å². The van der Waals surface area contributed by atoms with Crippen LogP contribution in [-0.2, 0) is 4.79 Å². The second-order valence-electron chi connectivity index (χ2n) is 7.03. The van der Waals surface area contributed by atoms with Crippen molar-refractivity contribution in [2.24, 2.45) is 5.92 Å². The van der Waals surface area contributed by atoms with Gasteiger partial charge < -0.3 is 15.5 Å². The van der Waals surface area contributed by atoms with Crippen molar-refractivity contribution in [3.8, 4) is 0 Å². The summed E-state index contributed by atoms with van der Waals surface area (Å²) in [6.45, 7) is 3.92. The Morgan fingerprint density at radius 2 is 1.81 bits per heavy atom. The fourth-order valence-corrected chi connectivity index (χ4v) is 3.43. The molecule has 2 amide bonds. The summed E-state index contributed by atoms with van der Waals surface area (Å²) >= 11 is 0. The number of hydrogen-bond donors (Lipinski definition) is 2. The van der Waals surface area contributed by atoms with Crippen LogP contribution in [0.1, 0.15) is 30.1 Å². The van der Waals surface area contributed by atoms with Crippen molar-refractivity contribution in [1.82, 2.24) is 15.5 Å². The number of hydrogen-bond acceptors (Lipinski definition) is 3. The third-order valence-electron chi connectivity index (χ3n) is 5.25. The van der Waals surface area contributed by atoms with Crippen LogP contribution >= 0.6 is 0 Å². The van der Waals surface area contributed by atoms with Gasteiger partial charge in [0.25, 0.3) is 5.91 Å². The second-order valence-corrected chi connectivity index (χ2v) is 7.03. The highest BCUT2D eigenvalue weighted by Crippen LogP contribution is 2.23. The van der Waals surface area contributed by atoms with E-state index in [1.54, 1.807) is 0 Å². The molecule has 138 valence electrons. The minimum absolute atomic E-state index is 0.00405. The van der Waals surface area contributed by atoms with E-state index in [1.807, 2.05) is 61.3 Å². The van der Waals surface area contributed by atoms with E-state index in [9.17, 15) is 9.59 Å². The van der Waals surface area contributed by atoms with Gasteiger partial charge in [0.2, 0.25) is 5.91 Å². The zero-order valence-corrected chi connectivity index (χ0v) is 15.5. The summed E-state index contributed by atoms with van der Waals surface area (Å²) in [5.41, 5.74) is 0.744. The number of nitrogens with one attached hydrogen (secondary N) is 2. The number of fused-ring (bicyclic) bond motifs is 1. The van der Waals surface area contributed by atoms with Crippen LogP contribution in [0.3, 0.4) is 0 Å². The first-order valence-corrected chi connectivity index (χ1v) is 9.32. The molecule has 2 aromatic rings. The van der Waals surface area contributed by atoms with E-state index in [4.69, 9.17) is 0 Å². The van der Waals surface area contributed by atoms with Crippen molar-refractivity contribution in [3.05, 3.63) is 48.0 Å². The number of piperidine rings is 1. The summed E-state index contributed by atoms with van der Waals surface area (Å²) in [5.74, 6) is 0.157. The first-order chi connectivity index (χ1) is 12.6. The molecule has 0 aliphatic carbocycles. The zero-order chi connectivity index (χ0) is 18.5. The first kappa shape index (κ1) is 18.4. The molecular formula is C21H27N3O2. The minimum atomic E-state index is -0.00405. The molecule has 1 unspecified atom stereocenters. The lowest BCUT2D eigenvalue weighted by Crippen LogP contribution is -2.45. The van der Waals surface area contributed by atoms with Gasteiger partial charge in [-0.15, -0.1) is 0 Å². The third-order valence-corrected chi connectivity index (χ3v) is 5.25. The standard InChI is InChI=1S/C21H27N3O2/c1-15(22-2)14-23-20(25)17-10-12-24(13-11-17)21(26)19-9-5-7-16-6-3-4-8-18(16)19/h3-9,15,17,22H,10-14H2,1-2H3,(H,23,25). The molecule has 0 spiro atoms. The third kappa shape index (κ3) is 4.05. The summed E-state index contributed by atoms with van der Waals surface area (Å²) in [7, 11) is 1.88. The van der Waals surface area contributed by atoms with E-state index >= 15 is 0 Å². The maximum Gasteiger partial charge on any atom is 0.254 e. The number of likely N-dealkylation sites (N-methyl/N-ethyl adjacent to an activating group) is 1. The van der Waals surface area contributed by atoms with Crippen LogP contribution in [0.2, 0.25) is 0 Å². The van der Waals surface area contributed by atoms with Gasteiger partial charge in [-0.1, -0.05) is 36.4 Å². The van der Waals surface area contributed by atoms with E-state index in [1.165, 1.54) is 0 Å². The highest BCUT2D eigenvalue weighted by atomic mass is 16.2. The highest BCUT2D eigenvalue weighted by Gasteiger charge is 2.28. The number of nitrogens with zero attached hydrogens (tertiary/aromatic N) is 1. The quantitative estimate of drug-likeness (QED) is 0.868. The van der Waals surface area contributed by atoms with Crippen molar-refractivity contribution in [1.29, 1.82) is 0 Å². The molecular weight excluding hydrogens is 326 g/mol. The van der Waals surface area contributed by atoms with Crippen LogP contribution in [0.5, 0.6) is 0 Å². The van der Waals surface area contributed by atoms with E-state index in [2.05, 4.69) is 10.6 Å². The summed E-state index contributed by atoms with van der Waals surface area (Å²) in [6, 6.07) is 14.1. The van der Waals surface area contributed by atoms with Gasteiger partial charge in [-0.3, -0.25) is 9.59 Å². The second kappa shape index (κ2) is 8.32. The van der Waals surface area contributed by atoms with Crippen LogP contribution in [0.4, 0.5) is 0 Å². The van der Waals surface area contributed by atoms with Crippen LogP contribution in [0, 0.1) is 5.92 Å². The average Bonchev–Trinajstić information content (AvgIpc) is 2.70. The fourth-order valence-electron chi connectivity index (χ4n) is 3.43. The van der Waals surface area contributed by atoms with Crippen molar-refractivity contribution in [2.45, 2.75) is 25.8 Å². The minimum Gasteiger partial charge on any atom is -0.354 e. The van der Waals surface area contributed by atoms with Crippen LogP contribution in [-0.4, -0.2) is 49.4 Å². The van der Waals surface area contributed by atoms with E-state index in [0.717, 1.165) is 29.2 Å². The Labute approximate surface area is 154 Å². The molecule has 1 saturated heterocycles. The Kier molecular flexibility index (Phi) is 5.89. The van der Waals surface area contributed by atoms with Gasteiger partial charge in [0.05, 0.1) is 0 Å². The lowest BCUT2D eigenvalue weighted by Gasteiger charge is -2.32. The van der Waals surface area contributed by atoms with Gasteiger partial charge in [0.15, 0.2) is 0 Å². The molecule has 1 aliphatic rings. The first-order valence-electron chi connectivity index (χ1n) is 9.32. The molecule has 0 bridgehead atoms. The Hall–Kier alpha value is -2.40. The smallest absolute Gasteiger partial charge is 0.254 e. The molecule has 1 aliphatic heterocycles. The summed E-state index contributed by atoms with van der Waals surface area (Å²) < 4.78 is 0. The monoisotopic (exact) mass is 353 g/mol. The Morgan fingerprint density at radius 1 is 1.12 bits per heavy atom. The van der Waals surface area contributed by atoms with Crippen LogP contribution in [0.25, 0.3) is 10.8 Å². The normalized spacial score (nSPS) is 16.5. The summed E-state index contributed by atoms with van der Waals surface area (Å²) in [6.07, 6.45) is 1.44. The molecule has 0 saturated carbocycles. The molecule has 1 atom stereocenters. The highest BCUT2D eigenvalue weighted by molar-refractivity contribution is 6.07. The number of benzene rings is 2. The van der Waals surface area contributed by atoms with E-state index < -0.39 is 0 Å². The lowest BCUT2D eigenvalue weighted by molar-refractivity contribution is -0.126. The average molecular weight is 353 g/mol. The van der Waals surface area contributed by atoms with Crippen molar-refractivity contribution < 1.29 is 9.59 Å². The molecule has 2 N–H and O–H groups in total. The molecule has 1 fully saturated rings. The summed E-state index contributed by atoms with van der Waals surface area (Å²) in [4.78, 5) is 27.1. The van der Waals surface area contributed by atoms with E-state index in [-0.39, 0.29) is 23.8 Å². The Bertz CT molecular complexity index is 776. The Morgan fingerprint density at radius 3 is 2.54 bits per heavy atom. The fraction of sp³-hybridized carbons (Fsp3) is 0.429. The van der Waals surface area contributed by atoms with E-state index in [0.29, 0.717) is 19.6 Å². The molecule has 1 heterocycles. The van der Waals surface area contributed by atoms with Gasteiger partial charge in [0, 0.05) is 37.2 Å². The van der Waals surface area contributed by atoms with Gasteiger partial charge in [0.1, 0.15) is 0 Å².